The van der Waals surface area contributed by atoms with E-state index in [1.54, 1.807) is 0 Å². The van der Waals surface area contributed by atoms with E-state index >= 15 is 0 Å². The van der Waals surface area contributed by atoms with Crippen LogP contribution in [0.5, 0.6) is 0 Å². The lowest BCUT2D eigenvalue weighted by Crippen LogP contribution is -2.30. The Kier molecular flexibility index (Phi) is 3.61. The standard InChI is InChI=1S/C12H24/c1-5-11-8-7-9(3)12(6-2)10(11)4/h9-12H,5-8H2,1-4H3/t9-,10+,11?,12+/m1/s1. The van der Waals surface area contributed by atoms with Gasteiger partial charge in [0.25, 0.3) is 0 Å². The van der Waals surface area contributed by atoms with Gasteiger partial charge in [-0.2, -0.15) is 0 Å². The number of hydrogen-bond donors (Lipinski definition) is 0. The first-order chi connectivity index (χ1) is 5.70. The second kappa shape index (κ2) is 4.30. The monoisotopic (exact) mass is 168 g/mol. The van der Waals surface area contributed by atoms with E-state index < -0.39 is 0 Å². The van der Waals surface area contributed by atoms with Crippen LogP contribution in [0, 0.1) is 23.7 Å². The fourth-order valence-electron chi connectivity index (χ4n) is 3.17. The first kappa shape index (κ1) is 10.1. The molecule has 1 fully saturated rings. The maximum absolute atomic E-state index is 2.47. The van der Waals surface area contributed by atoms with E-state index in [-0.39, 0.29) is 0 Å². The zero-order chi connectivity index (χ0) is 9.14. The van der Waals surface area contributed by atoms with Gasteiger partial charge in [-0.1, -0.05) is 47.0 Å². The second-order valence-electron chi connectivity index (χ2n) is 4.65. The van der Waals surface area contributed by atoms with Gasteiger partial charge in [-0.3, -0.25) is 0 Å². The molecule has 0 heterocycles. The SMILES string of the molecule is CCC1CC[C@@H](C)[C@H](CC)[C@H]1C. The van der Waals surface area contributed by atoms with E-state index in [9.17, 15) is 0 Å². The molecule has 0 radical (unpaired) electrons. The first-order valence-corrected chi connectivity index (χ1v) is 5.70. The van der Waals surface area contributed by atoms with Crippen LogP contribution in [0.4, 0.5) is 0 Å². The molecule has 0 aromatic carbocycles. The Morgan fingerprint density at radius 1 is 1.00 bits per heavy atom. The largest absolute Gasteiger partial charge is 0.0651 e. The summed E-state index contributed by atoms with van der Waals surface area (Å²) < 4.78 is 0. The van der Waals surface area contributed by atoms with Crippen molar-refractivity contribution in [2.24, 2.45) is 23.7 Å². The molecule has 4 atom stereocenters. The quantitative estimate of drug-likeness (QED) is 0.582. The Morgan fingerprint density at radius 2 is 1.67 bits per heavy atom. The maximum Gasteiger partial charge on any atom is -0.0363 e. The molecule has 1 saturated carbocycles. The third-order valence-electron chi connectivity index (χ3n) is 4.14. The average Bonchev–Trinajstić information content (AvgIpc) is 2.06. The molecule has 0 spiro atoms. The van der Waals surface area contributed by atoms with Gasteiger partial charge in [-0.15, -0.1) is 0 Å². The number of hydrogen-bond acceptors (Lipinski definition) is 0. The Balaban J connectivity index is 2.56. The molecular weight excluding hydrogens is 144 g/mol. The molecule has 0 bridgehead atoms. The molecular formula is C12H24. The van der Waals surface area contributed by atoms with E-state index in [1.165, 1.54) is 25.7 Å². The lowest BCUT2D eigenvalue weighted by molar-refractivity contribution is 0.105. The molecule has 0 aromatic rings. The van der Waals surface area contributed by atoms with Crippen LogP contribution in [0.25, 0.3) is 0 Å². The fraction of sp³-hybridized carbons (Fsp3) is 1.00. The summed E-state index contributed by atoms with van der Waals surface area (Å²) in [5.41, 5.74) is 0. The summed E-state index contributed by atoms with van der Waals surface area (Å²) in [6.45, 7) is 9.62. The molecule has 0 aromatic heterocycles. The third kappa shape index (κ3) is 1.84. The van der Waals surface area contributed by atoms with Crippen LogP contribution in [-0.4, -0.2) is 0 Å². The Hall–Kier alpha value is 0. The molecule has 0 saturated heterocycles. The van der Waals surface area contributed by atoms with E-state index in [1.807, 2.05) is 0 Å². The van der Waals surface area contributed by atoms with Crippen LogP contribution in [0.15, 0.2) is 0 Å². The smallest absolute Gasteiger partial charge is 0.0363 e. The second-order valence-corrected chi connectivity index (χ2v) is 4.65. The molecule has 1 unspecified atom stereocenters. The lowest BCUT2D eigenvalue weighted by Gasteiger charge is -2.39. The lowest BCUT2D eigenvalue weighted by atomic mass is 9.66. The zero-order valence-corrected chi connectivity index (χ0v) is 9.14. The van der Waals surface area contributed by atoms with Crippen molar-refractivity contribution < 1.29 is 0 Å². The van der Waals surface area contributed by atoms with Gasteiger partial charge in [0.05, 0.1) is 0 Å². The van der Waals surface area contributed by atoms with Crippen molar-refractivity contribution in [2.75, 3.05) is 0 Å². The van der Waals surface area contributed by atoms with Crippen molar-refractivity contribution in [3.63, 3.8) is 0 Å². The molecule has 0 N–H and O–H groups in total. The van der Waals surface area contributed by atoms with E-state index in [0.717, 1.165) is 23.7 Å². The molecule has 72 valence electrons. The van der Waals surface area contributed by atoms with Gasteiger partial charge in [0.15, 0.2) is 0 Å². The summed E-state index contributed by atoms with van der Waals surface area (Å²) in [5, 5.41) is 0. The predicted molar refractivity (Wildman–Crippen MR) is 55.1 cm³/mol. The van der Waals surface area contributed by atoms with Crippen LogP contribution in [0.2, 0.25) is 0 Å². The molecule has 0 amide bonds. The highest BCUT2D eigenvalue weighted by Gasteiger charge is 2.31. The van der Waals surface area contributed by atoms with Gasteiger partial charge in [0.1, 0.15) is 0 Å². The van der Waals surface area contributed by atoms with Gasteiger partial charge in [-0.25, -0.2) is 0 Å². The minimum Gasteiger partial charge on any atom is -0.0651 e. The average molecular weight is 168 g/mol. The molecule has 12 heavy (non-hydrogen) atoms. The van der Waals surface area contributed by atoms with Crippen LogP contribution in [-0.2, 0) is 0 Å². The van der Waals surface area contributed by atoms with Crippen molar-refractivity contribution in [3.05, 3.63) is 0 Å². The molecule has 0 nitrogen and oxygen atoms in total. The van der Waals surface area contributed by atoms with Crippen molar-refractivity contribution in [1.82, 2.24) is 0 Å². The topological polar surface area (TPSA) is 0 Å². The van der Waals surface area contributed by atoms with E-state index in [2.05, 4.69) is 27.7 Å². The van der Waals surface area contributed by atoms with Crippen LogP contribution in [0.1, 0.15) is 53.4 Å². The highest BCUT2D eigenvalue weighted by molar-refractivity contribution is 4.81. The van der Waals surface area contributed by atoms with Crippen molar-refractivity contribution in [2.45, 2.75) is 53.4 Å². The first-order valence-electron chi connectivity index (χ1n) is 5.70. The van der Waals surface area contributed by atoms with Gasteiger partial charge in [0, 0.05) is 0 Å². The summed E-state index contributed by atoms with van der Waals surface area (Å²) in [7, 11) is 0. The van der Waals surface area contributed by atoms with Crippen molar-refractivity contribution in [3.8, 4) is 0 Å². The van der Waals surface area contributed by atoms with Crippen LogP contribution < -0.4 is 0 Å². The number of rotatable bonds is 2. The summed E-state index contributed by atoms with van der Waals surface area (Å²) in [5.74, 6) is 3.98. The van der Waals surface area contributed by atoms with E-state index in [0.29, 0.717) is 0 Å². The Bertz CT molecular complexity index is 128. The Morgan fingerprint density at radius 3 is 2.17 bits per heavy atom. The Labute approximate surface area is 77.7 Å². The van der Waals surface area contributed by atoms with Gasteiger partial charge in [-0.05, 0) is 30.1 Å². The third-order valence-corrected chi connectivity index (χ3v) is 4.14. The van der Waals surface area contributed by atoms with Crippen LogP contribution in [0.3, 0.4) is 0 Å². The summed E-state index contributed by atoms with van der Waals surface area (Å²) in [6, 6.07) is 0. The van der Waals surface area contributed by atoms with Crippen molar-refractivity contribution in [1.29, 1.82) is 0 Å². The molecule has 1 aliphatic rings. The normalized spacial score (nSPS) is 43.0. The van der Waals surface area contributed by atoms with Crippen molar-refractivity contribution >= 4 is 0 Å². The van der Waals surface area contributed by atoms with Gasteiger partial charge in [0.2, 0.25) is 0 Å². The molecule has 0 aliphatic heterocycles. The summed E-state index contributed by atoms with van der Waals surface area (Å²) in [4.78, 5) is 0. The molecule has 1 aliphatic carbocycles. The minimum atomic E-state index is 0.976. The van der Waals surface area contributed by atoms with Gasteiger partial charge < -0.3 is 0 Å². The van der Waals surface area contributed by atoms with E-state index in [4.69, 9.17) is 0 Å². The fourth-order valence-corrected chi connectivity index (χ4v) is 3.17. The van der Waals surface area contributed by atoms with Crippen LogP contribution >= 0.6 is 0 Å². The zero-order valence-electron chi connectivity index (χ0n) is 9.14. The summed E-state index contributed by atoms with van der Waals surface area (Å²) >= 11 is 0. The minimum absolute atomic E-state index is 0.976. The molecule has 0 heteroatoms. The highest BCUT2D eigenvalue weighted by atomic mass is 14.4. The molecule has 1 rings (SSSR count). The summed E-state index contributed by atoms with van der Waals surface area (Å²) in [6.07, 6.45) is 5.74. The predicted octanol–water partition coefficient (Wildman–Crippen LogP) is 4.10. The highest BCUT2D eigenvalue weighted by Crippen LogP contribution is 2.41. The van der Waals surface area contributed by atoms with Gasteiger partial charge >= 0.3 is 0 Å². The maximum atomic E-state index is 2.47.